The predicted molar refractivity (Wildman–Crippen MR) is 135 cm³/mol. The number of methoxy groups -OCH3 is 1. The number of carboxylic acid groups (broad SMARTS) is 1. The van der Waals surface area contributed by atoms with Crippen LogP contribution in [0.5, 0.6) is 11.5 Å². The minimum absolute atomic E-state index is 0.103. The van der Waals surface area contributed by atoms with Gasteiger partial charge in [-0.2, -0.15) is 0 Å². The third kappa shape index (κ3) is 5.74. The second kappa shape index (κ2) is 10.4. The lowest BCUT2D eigenvalue weighted by molar-refractivity contribution is -0.137. The zero-order valence-electron chi connectivity index (χ0n) is 19.7. The zero-order valence-corrected chi connectivity index (χ0v) is 21.2. The van der Waals surface area contributed by atoms with Crippen molar-refractivity contribution in [1.29, 1.82) is 0 Å². The van der Waals surface area contributed by atoms with Crippen LogP contribution in [0.15, 0.2) is 54.6 Å². The fraction of sp³-hybridized carbons (Fsp3) is 0.259. The summed E-state index contributed by atoms with van der Waals surface area (Å²) in [4.78, 5) is 26.1. The van der Waals surface area contributed by atoms with E-state index in [2.05, 4.69) is 0 Å². The lowest BCUT2D eigenvalue weighted by Crippen LogP contribution is -2.35. The molecule has 0 aromatic heterocycles. The minimum Gasteiger partial charge on any atom is -0.493 e. The first-order valence-electron chi connectivity index (χ1n) is 11.2. The number of hydrogen-bond donors (Lipinski definition) is 1. The smallest absolute Gasteiger partial charge is 0.323 e. The Labute approximate surface area is 218 Å². The van der Waals surface area contributed by atoms with Gasteiger partial charge in [0.1, 0.15) is 18.0 Å². The molecule has 1 aliphatic heterocycles. The molecule has 0 aliphatic carbocycles. The van der Waals surface area contributed by atoms with Crippen molar-refractivity contribution < 1.29 is 28.6 Å². The fourth-order valence-corrected chi connectivity index (χ4v) is 4.75. The number of carbonyl (C=O) groups excluding carboxylic acids is 1. The number of benzene rings is 3. The molecule has 0 saturated heterocycles. The number of carboxylic acids is 1. The maximum absolute atomic E-state index is 13.5. The van der Waals surface area contributed by atoms with Gasteiger partial charge in [-0.3, -0.25) is 9.59 Å². The highest BCUT2D eigenvalue weighted by Gasteiger charge is 2.38. The summed E-state index contributed by atoms with van der Waals surface area (Å²) in [5.41, 5.74) is 1.94. The van der Waals surface area contributed by atoms with Gasteiger partial charge in [-0.05, 0) is 54.4 Å². The number of ether oxygens (including phenoxy) is 2. The molecular formula is C27H24Cl2FNO5. The highest BCUT2D eigenvalue weighted by Crippen LogP contribution is 2.44. The Morgan fingerprint density at radius 2 is 1.86 bits per heavy atom. The topological polar surface area (TPSA) is 76.1 Å². The standard InChI is InChI=1S/C27H24Cl2FNO5/c1-27(12-16-3-6-20(28)7-4-16)13-19-9-18(10-23(35-2)25(19)36-27)26(34)31(15-24(32)33)14-17-5-8-21(30)11-22(17)29/h3-11H,12-15H2,1-2H3,(H,32,33)/t27-/m0/s1. The van der Waals surface area contributed by atoms with Gasteiger partial charge < -0.3 is 19.5 Å². The van der Waals surface area contributed by atoms with Crippen molar-refractivity contribution in [2.45, 2.75) is 31.9 Å². The predicted octanol–water partition coefficient (Wildman–Crippen LogP) is 5.80. The average molecular weight is 532 g/mol. The largest absolute Gasteiger partial charge is 0.493 e. The van der Waals surface area contributed by atoms with Crippen molar-refractivity contribution in [3.05, 3.63) is 92.7 Å². The number of aliphatic carboxylic acids is 1. The molecule has 0 spiro atoms. The summed E-state index contributed by atoms with van der Waals surface area (Å²) >= 11 is 12.1. The molecule has 0 fully saturated rings. The highest BCUT2D eigenvalue weighted by atomic mass is 35.5. The van der Waals surface area contributed by atoms with Gasteiger partial charge in [-0.15, -0.1) is 0 Å². The number of fused-ring (bicyclic) bond motifs is 1. The van der Waals surface area contributed by atoms with Crippen molar-refractivity contribution in [3.8, 4) is 11.5 Å². The molecule has 1 N–H and O–H groups in total. The fourth-order valence-electron chi connectivity index (χ4n) is 4.40. The van der Waals surface area contributed by atoms with E-state index in [1.54, 1.807) is 6.07 Å². The molecule has 1 atom stereocenters. The Kier molecular flexibility index (Phi) is 7.43. The summed E-state index contributed by atoms with van der Waals surface area (Å²) in [6, 6.07) is 14.5. The lowest BCUT2D eigenvalue weighted by Gasteiger charge is -2.24. The number of nitrogens with zero attached hydrogens (tertiary/aromatic N) is 1. The first-order valence-corrected chi connectivity index (χ1v) is 11.9. The third-order valence-electron chi connectivity index (χ3n) is 5.99. The van der Waals surface area contributed by atoms with Crippen LogP contribution in [0.25, 0.3) is 0 Å². The van der Waals surface area contributed by atoms with Gasteiger partial charge in [-0.25, -0.2) is 4.39 Å². The van der Waals surface area contributed by atoms with Crippen LogP contribution in [0.3, 0.4) is 0 Å². The molecule has 6 nitrogen and oxygen atoms in total. The number of rotatable bonds is 8. The third-order valence-corrected chi connectivity index (χ3v) is 6.60. The summed E-state index contributed by atoms with van der Waals surface area (Å²) in [5.74, 6) is -1.30. The van der Waals surface area contributed by atoms with Crippen LogP contribution in [-0.2, 0) is 24.2 Å². The first kappa shape index (κ1) is 25.8. The van der Waals surface area contributed by atoms with Crippen LogP contribution >= 0.6 is 23.2 Å². The molecule has 1 aliphatic rings. The second-order valence-electron chi connectivity index (χ2n) is 8.99. The van der Waals surface area contributed by atoms with Crippen molar-refractivity contribution in [1.82, 2.24) is 4.90 Å². The van der Waals surface area contributed by atoms with E-state index < -0.39 is 29.8 Å². The van der Waals surface area contributed by atoms with Crippen molar-refractivity contribution >= 4 is 35.1 Å². The molecule has 3 aromatic carbocycles. The number of carbonyl (C=O) groups is 2. The molecule has 0 bridgehead atoms. The minimum atomic E-state index is -1.19. The van der Waals surface area contributed by atoms with E-state index in [-0.39, 0.29) is 17.1 Å². The lowest BCUT2D eigenvalue weighted by atomic mass is 9.91. The van der Waals surface area contributed by atoms with Crippen LogP contribution in [0, 0.1) is 5.82 Å². The van der Waals surface area contributed by atoms with Gasteiger partial charge in [0.25, 0.3) is 5.91 Å². The molecule has 0 saturated carbocycles. The monoisotopic (exact) mass is 531 g/mol. The molecule has 36 heavy (non-hydrogen) atoms. The summed E-state index contributed by atoms with van der Waals surface area (Å²) in [6.07, 6.45) is 1.13. The second-order valence-corrected chi connectivity index (χ2v) is 9.83. The van der Waals surface area contributed by atoms with Crippen LogP contribution in [-0.4, -0.2) is 41.1 Å². The van der Waals surface area contributed by atoms with E-state index in [1.807, 2.05) is 31.2 Å². The Bertz CT molecular complexity index is 1310. The first-order chi connectivity index (χ1) is 17.1. The normalized spacial score (nSPS) is 16.2. The molecule has 0 unspecified atom stereocenters. The van der Waals surface area contributed by atoms with E-state index in [9.17, 15) is 19.1 Å². The summed E-state index contributed by atoms with van der Waals surface area (Å²) in [5, 5.41) is 10.2. The maximum atomic E-state index is 13.5. The van der Waals surface area contributed by atoms with E-state index in [0.29, 0.717) is 34.9 Å². The summed E-state index contributed by atoms with van der Waals surface area (Å²) < 4.78 is 25.3. The van der Waals surface area contributed by atoms with Crippen molar-refractivity contribution in [2.24, 2.45) is 0 Å². The van der Waals surface area contributed by atoms with Gasteiger partial charge in [-0.1, -0.05) is 41.4 Å². The van der Waals surface area contributed by atoms with E-state index in [1.165, 1.54) is 25.3 Å². The Morgan fingerprint density at radius 1 is 1.14 bits per heavy atom. The van der Waals surface area contributed by atoms with Crippen LogP contribution in [0.2, 0.25) is 10.0 Å². The van der Waals surface area contributed by atoms with Crippen LogP contribution in [0.4, 0.5) is 4.39 Å². The maximum Gasteiger partial charge on any atom is 0.323 e. The van der Waals surface area contributed by atoms with Crippen molar-refractivity contribution in [3.63, 3.8) is 0 Å². The quantitative estimate of drug-likeness (QED) is 0.397. The zero-order chi connectivity index (χ0) is 26.0. The van der Waals surface area contributed by atoms with Gasteiger partial charge in [0, 0.05) is 40.6 Å². The number of amides is 1. The number of hydrogen-bond acceptors (Lipinski definition) is 4. The molecule has 3 aromatic rings. The molecule has 0 radical (unpaired) electrons. The van der Waals surface area contributed by atoms with E-state index in [0.717, 1.165) is 22.1 Å². The van der Waals surface area contributed by atoms with Gasteiger partial charge in [0.2, 0.25) is 0 Å². The highest BCUT2D eigenvalue weighted by molar-refractivity contribution is 6.31. The molecular weight excluding hydrogens is 508 g/mol. The van der Waals surface area contributed by atoms with E-state index in [4.69, 9.17) is 32.7 Å². The Hall–Kier alpha value is -3.29. The van der Waals surface area contributed by atoms with Crippen molar-refractivity contribution in [2.75, 3.05) is 13.7 Å². The Morgan fingerprint density at radius 3 is 2.50 bits per heavy atom. The SMILES string of the molecule is COc1cc(C(=O)N(CC(=O)O)Cc2ccc(F)cc2Cl)cc2c1O[C@@](C)(Cc1ccc(Cl)cc1)C2. The average Bonchev–Trinajstić information content (AvgIpc) is 3.16. The van der Waals surface area contributed by atoms with Gasteiger partial charge in [0.15, 0.2) is 11.5 Å². The Balaban J connectivity index is 1.62. The summed E-state index contributed by atoms with van der Waals surface area (Å²) in [7, 11) is 1.48. The van der Waals surface area contributed by atoms with Gasteiger partial charge in [0.05, 0.1) is 7.11 Å². The molecule has 4 rings (SSSR count). The van der Waals surface area contributed by atoms with Crippen LogP contribution < -0.4 is 9.47 Å². The van der Waals surface area contributed by atoms with Gasteiger partial charge >= 0.3 is 5.97 Å². The van der Waals surface area contributed by atoms with Crippen LogP contribution in [0.1, 0.15) is 34.0 Å². The molecule has 1 amide bonds. The molecule has 188 valence electrons. The number of halogens is 3. The molecule has 1 heterocycles. The summed E-state index contributed by atoms with van der Waals surface area (Å²) in [6.45, 7) is 1.32. The van der Waals surface area contributed by atoms with E-state index >= 15 is 0 Å². The molecule has 9 heteroatoms.